The summed E-state index contributed by atoms with van der Waals surface area (Å²) in [4.78, 5) is 22.9. The second-order valence-electron chi connectivity index (χ2n) is 5.09. The summed E-state index contributed by atoms with van der Waals surface area (Å²) in [5.74, 6) is 0.163. The van der Waals surface area contributed by atoms with Crippen LogP contribution >= 0.6 is 0 Å². The van der Waals surface area contributed by atoms with Crippen molar-refractivity contribution >= 4 is 11.9 Å². The maximum Gasteiger partial charge on any atom is 0.305 e. The first-order chi connectivity index (χ1) is 9.01. The Morgan fingerprint density at radius 2 is 2.21 bits per heavy atom. The number of carboxylic acids is 1. The van der Waals surface area contributed by atoms with Crippen LogP contribution in [0.25, 0.3) is 0 Å². The molecule has 2 N–H and O–H groups in total. The van der Waals surface area contributed by atoms with Crippen molar-refractivity contribution in [1.29, 1.82) is 0 Å². The molecule has 1 aromatic rings. The molecule has 1 heterocycles. The Kier molecular flexibility index (Phi) is 3.93. The average molecular weight is 265 g/mol. The number of aryl methyl sites for hydroxylation is 2. The molecule has 0 unspecified atom stereocenters. The van der Waals surface area contributed by atoms with Crippen LogP contribution in [0, 0.1) is 12.8 Å². The van der Waals surface area contributed by atoms with Crippen molar-refractivity contribution in [3.8, 4) is 0 Å². The van der Waals surface area contributed by atoms with E-state index in [2.05, 4.69) is 5.32 Å². The van der Waals surface area contributed by atoms with Crippen LogP contribution in [0.1, 0.15) is 48.1 Å². The average Bonchev–Trinajstić information content (AvgIpc) is 3.11. The molecule has 0 saturated heterocycles. The molecule has 2 rings (SSSR count). The highest BCUT2D eigenvalue weighted by atomic mass is 16.4. The van der Waals surface area contributed by atoms with Gasteiger partial charge in [-0.05, 0) is 31.7 Å². The van der Waals surface area contributed by atoms with Gasteiger partial charge in [0.1, 0.15) is 5.76 Å². The number of rotatable bonds is 6. The number of hydrogen-bond acceptors (Lipinski definition) is 3. The quantitative estimate of drug-likeness (QED) is 0.825. The van der Waals surface area contributed by atoms with Crippen molar-refractivity contribution in [3.63, 3.8) is 0 Å². The highest BCUT2D eigenvalue weighted by molar-refractivity contribution is 5.93. The molecular formula is C14H19NO4. The minimum atomic E-state index is -0.886. The zero-order valence-electron chi connectivity index (χ0n) is 11.2. The monoisotopic (exact) mass is 265 g/mol. The van der Waals surface area contributed by atoms with Crippen molar-refractivity contribution < 1.29 is 19.1 Å². The van der Waals surface area contributed by atoms with Crippen LogP contribution in [0.15, 0.2) is 10.5 Å². The van der Waals surface area contributed by atoms with Gasteiger partial charge in [0.25, 0.3) is 5.91 Å². The molecule has 1 saturated carbocycles. The molecule has 1 aliphatic rings. The normalized spacial score (nSPS) is 16.1. The van der Waals surface area contributed by atoms with Gasteiger partial charge in [0.15, 0.2) is 5.76 Å². The molecule has 0 radical (unpaired) electrons. The molecule has 1 aromatic heterocycles. The number of nitrogens with one attached hydrogen (secondary N) is 1. The second-order valence-corrected chi connectivity index (χ2v) is 5.09. The Labute approximate surface area is 112 Å². The molecule has 5 nitrogen and oxygen atoms in total. The van der Waals surface area contributed by atoms with E-state index in [0.717, 1.165) is 30.6 Å². The predicted molar refractivity (Wildman–Crippen MR) is 69.1 cm³/mol. The summed E-state index contributed by atoms with van der Waals surface area (Å²) in [5, 5.41) is 11.7. The van der Waals surface area contributed by atoms with Gasteiger partial charge in [-0.3, -0.25) is 9.59 Å². The third-order valence-electron chi connectivity index (χ3n) is 3.43. The number of aliphatic carboxylic acids is 1. The molecule has 0 aliphatic heterocycles. The van der Waals surface area contributed by atoms with E-state index in [-0.39, 0.29) is 18.4 Å². The van der Waals surface area contributed by atoms with Crippen LogP contribution in [0.3, 0.4) is 0 Å². The van der Waals surface area contributed by atoms with Crippen LogP contribution in [0.4, 0.5) is 0 Å². The SMILES string of the molecule is CCc1cc(C)c(C(=O)N[C@@H](CC(=O)O)C2CC2)o1. The van der Waals surface area contributed by atoms with E-state index in [0.29, 0.717) is 11.7 Å². The topological polar surface area (TPSA) is 79.5 Å². The Balaban J connectivity index is 2.05. The minimum Gasteiger partial charge on any atom is -0.481 e. The molecule has 104 valence electrons. The second kappa shape index (κ2) is 5.47. The Morgan fingerprint density at radius 1 is 1.53 bits per heavy atom. The fraction of sp³-hybridized carbons (Fsp3) is 0.571. The third kappa shape index (κ3) is 3.36. The van der Waals surface area contributed by atoms with Gasteiger partial charge in [0.05, 0.1) is 6.42 Å². The van der Waals surface area contributed by atoms with Crippen molar-refractivity contribution in [1.82, 2.24) is 5.32 Å². The fourth-order valence-electron chi connectivity index (χ4n) is 2.20. The van der Waals surface area contributed by atoms with Crippen LogP contribution < -0.4 is 5.32 Å². The number of furan rings is 1. The summed E-state index contributed by atoms with van der Waals surface area (Å²) in [6.07, 6.45) is 2.66. The largest absolute Gasteiger partial charge is 0.481 e. The number of carboxylic acid groups (broad SMARTS) is 1. The smallest absolute Gasteiger partial charge is 0.305 e. The molecule has 1 amide bonds. The zero-order valence-corrected chi connectivity index (χ0v) is 11.2. The highest BCUT2D eigenvalue weighted by Crippen LogP contribution is 2.34. The summed E-state index contributed by atoms with van der Waals surface area (Å²) in [7, 11) is 0. The number of amides is 1. The van der Waals surface area contributed by atoms with E-state index in [4.69, 9.17) is 9.52 Å². The van der Waals surface area contributed by atoms with E-state index in [1.54, 1.807) is 0 Å². The van der Waals surface area contributed by atoms with Gasteiger partial charge < -0.3 is 14.8 Å². The number of carbonyl (C=O) groups is 2. The van der Waals surface area contributed by atoms with Crippen molar-refractivity contribution in [3.05, 3.63) is 23.2 Å². The van der Waals surface area contributed by atoms with E-state index in [9.17, 15) is 9.59 Å². The maximum absolute atomic E-state index is 12.1. The van der Waals surface area contributed by atoms with Gasteiger partial charge >= 0.3 is 5.97 Å². The van der Waals surface area contributed by atoms with E-state index in [1.165, 1.54) is 0 Å². The summed E-state index contributed by atoms with van der Waals surface area (Å²) in [5.41, 5.74) is 0.791. The molecule has 1 aliphatic carbocycles. The lowest BCUT2D eigenvalue weighted by molar-refractivity contribution is -0.137. The lowest BCUT2D eigenvalue weighted by Crippen LogP contribution is -2.38. The third-order valence-corrected chi connectivity index (χ3v) is 3.43. The predicted octanol–water partition coefficient (Wildman–Crippen LogP) is 2.13. The molecule has 19 heavy (non-hydrogen) atoms. The highest BCUT2D eigenvalue weighted by Gasteiger charge is 2.34. The van der Waals surface area contributed by atoms with Gasteiger partial charge in [-0.2, -0.15) is 0 Å². The number of hydrogen-bond donors (Lipinski definition) is 2. The Bertz CT molecular complexity index is 488. The summed E-state index contributed by atoms with van der Waals surface area (Å²) >= 11 is 0. The van der Waals surface area contributed by atoms with Crippen LogP contribution in [-0.2, 0) is 11.2 Å². The van der Waals surface area contributed by atoms with Gasteiger partial charge in [0, 0.05) is 18.0 Å². The van der Waals surface area contributed by atoms with E-state index < -0.39 is 5.97 Å². The van der Waals surface area contributed by atoms with E-state index >= 15 is 0 Å². The molecular weight excluding hydrogens is 246 g/mol. The fourth-order valence-corrected chi connectivity index (χ4v) is 2.20. The van der Waals surface area contributed by atoms with E-state index in [1.807, 2.05) is 19.9 Å². The molecule has 1 atom stereocenters. The summed E-state index contributed by atoms with van der Waals surface area (Å²) in [6, 6.07) is 1.55. The van der Waals surface area contributed by atoms with Gasteiger partial charge in [-0.1, -0.05) is 6.92 Å². The van der Waals surface area contributed by atoms with Crippen molar-refractivity contribution in [2.24, 2.45) is 5.92 Å². The lowest BCUT2D eigenvalue weighted by Gasteiger charge is -2.15. The Hall–Kier alpha value is -1.78. The first kappa shape index (κ1) is 13.6. The first-order valence-corrected chi connectivity index (χ1v) is 6.63. The maximum atomic E-state index is 12.1. The summed E-state index contributed by atoms with van der Waals surface area (Å²) < 4.78 is 5.47. The van der Waals surface area contributed by atoms with Crippen LogP contribution in [0.5, 0.6) is 0 Å². The molecule has 0 bridgehead atoms. The van der Waals surface area contributed by atoms with Crippen molar-refractivity contribution in [2.75, 3.05) is 0 Å². The van der Waals surface area contributed by atoms with Crippen LogP contribution in [0.2, 0.25) is 0 Å². The molecule has 1 fully saturated rings. The molecule has 0 aromatic carbocycles. The van der Waals surface area contributed by atoms with Crippen LogP contribution in [-0.4, -0.2) is 23.0 Å². The molecule has 5 heteroatoms. The van der Waals surface area contributed by atoms with Gasteiger partial charge in [-0.15, -0.1) is 0 Å². The Morgan fingerprint density at radius 3 is 2.68 bits per heavy atom. The standard InChI is InChI=1S/C14H19NO4/c1-3-10-6-8(2)13(19-10)14(18)15-11(7-12(16)17)9-4-5-9/h6,9,11H,3-5,7H2,1-2H3,(H,15,18)(H,16,17)/t11-/m0/s1. The zero-order chi connectivity index (χ0) is 14.0. The van der Waals surface area contributed by atoms with Crippen molar-refractivity contribution in [2.45, 2.75) is 45.6 Å². The minimum absolute atomic E-state index is 0.0310. The number of carbonyl (C=O) groups excluding carboxylic acids is 1. The van der Waals surface area contributed by atoms with Gasteiger partial charge in [0.2, 0.25) is 0 Å². The summed E-state index contributed by atoms with van der Waals surface area (Å²) in [6.45, 7) is 3.78. The van der Waals surface area contributed by atoms with Gasteiger partial charge in [-0.25, -0.2) is 0 Å². The first-order valence-electron chi connectivity index (χ1n) is 6.63. The molecule has 0 spiro atoms. The lowest BCUT2D eigenvalue weighted by atomic mass is 10.1.